The van der Waals surface area contributed by atoms with Crippen molar-refractivity contribution < 1.29 is 9.59 Å². The van der Waals surface area contributed by atoms with Gasteiger partial charge in [-0.15, -0.1) is 0 Å². The Balaban J connectivity index is 4.23. The van der Waals surface area contributed by atoms with Crippen LogP contribution in [0.4, 0.5) is 0 Å². The first kappa shape index (κ1) is 14.9. The summed E-state index contributed by atoms with van der Waals surface area (Å²) in [4.78, 5) is 24.5. The molecule has 0 aromatic carbocycles. The smallest absolute Gasteiger partial charge is 0.239 e. The molecule has 0 aliphatic rings. The Labute approximate surface area is 97.4 Å². The van der Waals surface area contributed by atoms with Crippen LogP contribution in [0, 0.1) is 0 Å². The topological polar surface area (TPSA) is 75.4 Å². The maximum absolute atomic E-state index is 11.9. The van der Waals surface area contributed by atoms with Crippen LogP contribution in [-0.4, -0.2) is 42.9 Å². The molecule has 16 heavy (non-hydrogen) atoms. The first-order valence-corrected chi connectivity index (χ1v) is 5.81. The lowest BCUT2D eigenvalue weighted by molar-refractivity contribution is -0.136. The average molecular weight is 229 g/mol. The molecule has 5 heteroatoms. The number of hydrogen-bond acceptors (Lipinski definition) is 3. The van der Waals surface area contributed by atoms with E-state index in [1.54, 1.807) is 7.05 Å². The molecule has 1 atom stereocenters. The number of rotatable bonds is 7. The van der Waals surface area contributed by atoms with Gasteiger partial charge in [-0.05, 0) is 13.3 Å². The third-order valence-electron chi connectivity index (χ3n) is 2.49. The predicted molar refractivity (Wildman–Crippen MR) is 63.8 cm³/mol. The zero-order chi connectivity index (χ0) is 12.6. The minimum Gasteiger partial charge on any atom is -0.358 e. The van der Waals surface area contributed by atoms with E-state index >= 15 is 0 Å². The lowest BCUT2D eigenvalue weighted by Crippen LogP contribution is -2.47. The Morgan fingerprint density at radius 2 is 2.00 bits per heavy atom. The van der Waals surface area contributed by atoms with Crippen molar-refractivity contribution in [1.82, 2.24) is 10.2 Å². The van der Waals surface area contributed by atoms with E-state index in [-0.39, 0.29) is 18.4 Å². The van der Waals surface area contributed by atoms with Crippen LogP contribution in [-0.2, 0) is 9.59 Å². The zero-order valence-corrected chi connectivity index (χ0v) is 10.5. The van der Waals surface area contributed by atoms with Gasteiger partial charge < -0.3 is 16.0 Å². The number of nitrogens with one attached hydrogen (secondary N) is 1. The van der Waals surface area contributed by atoms with Crippen molar-refractivity contribution in [3.05, 3.63) is 0 Å². The normalized spacial score (nSPS) is 12.0. The van der Waals surface area contributed by atoms with E-state index in [2.05, 4.69) is 12.2 Å². The van der Waals surface area contributed by atoms with E-state index in [0.29, 0.717) is 13.0 Å². The van der Waals surface area contributed by atoms with E-state index in [1.165, 1.54) is 4.90 Å². The summed E-state index contributed by atoms with van der Waals surface area (Å²) < 4.78 is 0. The van der Waals surface area contributed by atoms with Gasteiger partial charge in [0.05, 0.1) is 12.6 Å². The fourth-order valence-electron chi connectivity index (χ4n) is 1.38. The summed E-state index contributed by atoms with van der Waals surface area (Å²) in [5.41, 5.74) is 5.77. The maximum atomic E-state index is 11.9. The summed E-state index contributed by atoms with van der Waals surface area (Å²) in [5.74, 6) is -0.308. The van der Waals surface area contributed by atoms with Crippen LogP contribution < -0.4 is 11.1 Å². The van der Waals surface area contributed by atoms with Gasteiger partial charge in [-0.25, -0.2) is 0 Å². The zero-order valence-electron chi connectivity index (χ0n) is 10.5. The predicted octanol–water partition coefficient (Wildman–Crippen LogP) is 0.0984. The van der Waals surface area contributed by atoms with Gasteiger partial charge >= 0.3 is 0 Å². The summed E-state index contributed by atoms with van der Waals surface area (Å²) >= 11 is 0. The molecule has 0 saturated heterocycles. The number of nitrogens with zero attached hydrogens (tertiary/aromatic N) is 1. The van der Waals surface area contributed by atoms with Crippen LogP contribution in [0.2, 0.25) is 0 Å². The van der Waals surface area contributed by atoms with Gasteiger partial charge in [0.15, 0.2) is 0 Å². The minimum atomic E-state index is -0.482. The molecule has 0 saturated carbocycles. The van der Waals surface area contributed by atoms with Crippen LogP contribution in [0.5, 0.6) is 0 Å². The minimum absolute atomic E-state index is 0.0889. The molecule has 5 nitrogen and oxygen atoms in total. The highest BCUT2D eigenvalue weighted by Crippen LogP contribution is 2.02. The van der Waals surface area contributed by atoms with Crippen LogP contribution >= 0.6 is 0 Å². The molecule has 1 unspecified atom stereocenters. The first-order valence-electron chi connectivity index (χ1n) is 5.81. The maximum Gasteiger partial charge on any atom is 0.239 e. The molecule has 0 bridgehead atoms. The van der Waals surface area contributed by atoms with Gasteiger partial charge in [0.25, 0.3) is 0 Å². The van der Waals surface area contributed by atoms with E-state index in [0.717, 1.165) is 12.8 Å². The fourth-order valence-corrected chi connectivity index (χ4v) is 1.38. The molecule has 0 rings (SSSR count). The second kappa shape index (κ2) is 8.10. The second-order valence-electron chi connectivity index (χ2n) is 3.77. The van der Waals surface area contributed by atoms with Crippen molar-refractivity contribution in [2.24, 2.45) is 5.73 Å². The molecule has 0 radical (unpaired) electrons. The summed E-state index contributed by atoms with van der Waals surface area (Å²) in [6.45, 7) is 4.49. The molecule has 0 aromatic rings. The Kier molecular flexibility index (Phi) is 7.54. The number of amides is 2. The molecule has 0 aromatic heterocycles. The second-order valence-corrected chi connectivity index (χ2v) is 3.77. The van der Waals surface area contributed by atoms with Gasteiger partial charge in [0.1, 0.15) is 0 Å². The number of likely N-dealkylation sites (N-methyl/N-ethyl adjacent to an activating group) is 2. The quantitative estimate of drug-likeness (QED) is 0.650. The summed E-state index contributed by atoms with van der Waals surface area (Å²) in [5, 5.41) is 2.49. The first-order chi connectivity index (χ1) is 7.56. The Bertz CT molecular complexity index is 231. The molecule has 0 spiro atoms. The molecule has 0 aliphatic heterocycles. The molecule has 94 valence electrons. The molecule has 0 aliphatic carbocycles. The molecule has 3 N–H and O–H groups in total. The Morgan fingerprint density at radius 3 is 2.44 bits per heavy atom. The van der Waals surface area contributed by atoms with Crippen molar-refractivity contribution in [1.29, 1.82) is 0 Å². The van der Waals surface area contributed by atoms with Gasteiger partial charge in [-0.1, -0.05) is 19.8 Å². The molecular formula is C11H23N3O2. The van der Waals surface area contributed by atoms with Crippen LogP contribution in [0.3, 0.4) is 0 Å². The van der Waals surface area contributed by atoms with Crippen molar-refractivity contribution >= 4 is 11.8 Å². The third-order valence-corrected chi connectivity index (χ3v) is 2.49. The molecular weight excluding hydrogens is 206 g/mol. The van der Waals surface area contributed by atoms with Crippen LogP contribution in [0.25, 0.3) is 0 Å². The number of unbranched alkanes of at least 4 members (excludes halogenated alkanes) is 1. The lowest BCUT2D eigenvalue weighted by Gasteiger charge is -2.23. The SMILES string of the molecule is CCCCC(N)C(=O)N(CC)CC(=O)NC. The molecule has 0 heterocycles. The summed E-state index contributed by atoms with van der Waals surface area (Å²) in [6, 6.07) is -0.482. The standard InChI is InChI=1S/C11H23N3O2/c1-4-6-7-9(12)11(16)14(5-2)8-10(15)13-3/h9H,4-8,12H2,1-3H3,(H,13,15). The molecule has 2 amide bonds. The van der Waals surface area contributed by atoms with Gasteiger partial charge in [0.2, 0.25) is 11.8 Å². The number of nitrogens with two attached hydrogens (primary N) is 1. The van der Waals surface area contributed by atoms with Crippen molar-refractivity contribution in [3.8, 4) is 0 Å². The van der Waals surface area contributed by atoms with E-state index in [1.807, 2.05) is 6.92 Å². The van der Waals surface area contributed by atoms with Crippen LogP contribution in [0.15, 0.2) is 0 Å². The van der Waals surface area contributed by atoms with Crippen molar-refractivity contribution in [2.45, 2.75) is 39.2 Å². The third kappa shape index (κ3) is 5.11. The van der Waals surface area contributed by atoms with Crippen LogP contribution in [0.1, 0.15) is 33.1 Å². The lowest BCUT2D eigenvalue weighted by atomic mass is 10.1. The number of carbonyl (C=O) groups excluding carboxylic acids is 2. The highest BCUT2D eigenvalue weighted by molar-refractivity contribution is 5.87. The highest BCUT2D eigenvalue weighted by Gasteiger charge is 2.20. The largest absolute Gasteiger partial charge is 0.358 e. The van der Waals surface area contributed by atoms with Gasteiger partial charge in [-0.3, -0.25) is 9.59 Å². The molecule has 0 fully saturated rings. The van der Waals surface area contributed by atoms with E-state index in [4.69, 9.17) is 5.73 Å². The average Bonchev–Trinajstić information content (AvgIpc) is 2.31. The number of carbonyl (C=O) groups is 2. The monoisotopic (exact) mass is 229 g/mol. The summed E-state index contributed by atoms with van der Waals surface area (Å²) in [7, 11) is 1.55. The van der Waals surface area contributed by atoms with Crippen molar-refractivity contribution in [3.63, 3.8) is 0 Å². The van der Waals surface area contributed by atoms with Gasteiger partial charge in [0, 0.05) is 13.6 Å². The van der Waals surface area contributed by atoms with E-state index < -0.39 is 6.04 Å². The Hall–Kier alpha value is -1.10. The Morgan fingerprint density at radius 1 is 1.38 bits per heavy atom. The number of hydrogen-bond donors (Lipinski definition) is 2. The fraction of sp³-hybridized carbons (Fsp3) is 0.818. The van der Waals surface area contributed by atoms with E-state index in [9.17, 15) is 9.59 Å². The van der Waals surface area contributed by atoms with Gasteiger partial charge in [-0.2, -0.15) is 0 Å². The van der Waals surface area contributed by atoms with Crippen molar-refractivity contribution in [2.75, 3.05) is 20.1 Å². The highest BCUT2D eigenvalue weighted by atomic mass is 16.2. The summed E-state index contributed by atoms with van der Waals surface area (Å²) in [6.07, 6.45) is 2.63.